The first kappa shape index (κ1) is 10.4. The molecule has 1 aromatic carbocycles. The molecular formula is C10H14N2O2. The highest BCUT2D eigenvalue weighted by molar-refractivity contribution is 5.60. The van der Waals surface area contributed by atoms with Crippen LogP contribution in [0.4, 0.5) is 11.4 Å². The molecule has 1 atom stereocenters. The minimum absolute atomic E-state index is 0.411. The first-order valence-corrected chi connectivity index (χ1v) is 4.26. The standard InChI is InChI=1S/C10H14N2O2/c1-2-3-10(13)14-9-5-4-7(11)6-8(9)12/h2-6,10,13H,11-12H2,1H3/b3-2+. The molecule has 0 aliphatic carbocycles. The summed E-state index contributed by atoms with van der Waals surface area (Å²) in [6.45, 7) is 1.79. The fourth-order valence-electron chi connectivity index (χ4n) is 1.01. The number of nitrogens with two attached hydrogens (primary N) is 2. The summed E-state index contributed by atoms with van der Waals surface area (Å²) in [6.07, 6.45) is 2.22. The third kappa shape index (κ3) is 2.67. The molecule has 0 aromatic heterocycles. The van der Waals surface area contributed by atoms with Crippen LogP contribution in [-0.2, 0) is 0 Å². The summed E-state index contributed by atoms with van der Waals surface area (Å²) in [4.78, 5) is 0. The van der Waals surface area contributed by atoms with Crippen molar-refractivity contribution in [3.8, 4) is 5.75 Å². The Morgan fingerprint density at radius 1 is 1.43 bits per heavy atom. The van der Waals surface area contributed by atoms with Crippen molar-refractivity contribution in [3.05, 3.63) is 30.4 Å². The van der Waals surface area contributed by atoms with Crippen LogP contribution in [0, 0.1) is 0 Å². The topological polar surface area (TPSA) is 81.5 Å². The minimum Gasteiger partial charge on any atom is -0.459 e. The molecule has 0 radical (unpaired) electrons. The summed E-state index contributed by atoms with van der Waals surface area (Å²) >= 11 is 0. The quantitative estimate of drug-likeness (QED) is 0.382. The summed E-state index contributed by atoms with van der Waals surface area (Å²) in [5, 5.41) is 9.30. The third-order valence-corrected chi connectivity index (χ3v) is 1.64. The van der Waals surface area contributed by atoms with E-state index in [1.807, 2.05) is 0 Å². The number of rotatable bonds is 3. The normalized spacial score (nSPS) is 13.0. The van der Waals surface area contributed by atoms with Crippen molar-refractivity contribution in [2.75, 3.05) is 11.5 Å². The van der Waals surface area contributed by atoms with Crippen LogP contribution >= 0.6 is 0 Å². The summed E-state index contributed by atoms with van der Waals surface area (Å²) in [5.41, 5.74) is 12.1. The number of hydrogen-bond donors (Lipinski definition) is 3. The number of nitrogen functional groups attached to an aromatic ring is 2. The van der Waals surface area contributed by atoms with Gasteiger partial charge in [-0.1, -0.05) is 6.08 Å². The Bertz CT molecular complexity index is 337. The number of aliphatic hydroxyl groups excluding tert-OH is 1. The van der Waals surface area contributed by atoms with Gasteiger partial charge in [-0.15, -0.1) is 0 Å². The van der Waals surface area contributed by atoms with Crippen molar-refractivity contribution in [3.63, 3.8) is 0 Å². The molecule has 14 heavy (non-hydrogen) atoms. The average Bonchev–Trinajstić information content (AvgIpc) is 2.10. The van der Waals surface area contributed by atoms with E-state index < -0.39 is 6.29 Å². The lowest BCUT2D eigenvalue weighted by Crippen LogP contribution is -2.12. The number of anilines is 2. The highest BCUT2D eigenvalue weighted by Crippen LogP contribution is 2.24. The van der Waals surface area contributed by atoms with E-state index in [-0.39, 0.29) is 0 Å². The van der Waals surface area contributed by atoms with Crippen LogP contribution in [-0.4, -0.2) is 11.4 Å². The van der Waals surface area contributed by atoms with E-state index in [9.17, 15) is 5.11 Å². The molecule has 1 aromatic rings. The van der Waals surface area contributed by atoms with Crippen molar-refractivity contribution in [1.29, 1.82) is 0 Å². The van der Waals surface area contributed by atoms with Gasteiger partial charge in [0.1, 0.15) is 5.75 Å². The van der Waals surface area contributed by atoms with Gasteiger partial charge in [-0.2, -0.15) is 0 Å². The Hall–Kier alpha value is -1.68. The zero-order valence-electron chi connectivity index (χ0n) is 7.97. The molecule has 0 fully saturated rings. The number of ether oxygens (including phenoxy) is 1. The number of hydrogen-bond acceptors (Lipinski definition) is 4. The van der Waals surface area contributed by atoms with Gasteiger partial charge in [0.2, 0.25) is 6.29 Å². The van der Waals surface area contributed by atoms with Crippen LogP contribution < -0.4 is 16.2 Å². The van der Waals surface area contributed by atoms with Crippen LogP contribution in [0.25, 0.3) is 0 Å². The monoisotopic (exact) mass is 194 g/mol. The first-order valence-electron chi connectivity index (χ1n) is 4.26. The Morgan fingerprint density at radius 3 is 2.71 bits per heavy atom. The zero-order valence-corrected chi connectivity index (χ0v) is 7.97. The molecule has 1 rings (SSSR count). The summed E-state index contributed by atoms with van der Waals surface area (Å²) in [6, 6.07) is 4.86. The highest BCUT2D eigenvalue weighted by Gasteiger charge is 2.04. The molecule has 0 saturated carbocycles. The Kier molecular flexibility index (Phi) is 3.36. The molecule has 0 bridgehead atoms. The van der Waals surface area contributed by atoms with E-state index in [0.29, 0.717) is 17.1 Å². The maximum absolute atomic E-state index is 9.30. The lowest BCUT2D eigenvalue weighted by molar-refractivity contribution is 0.0253. The van der Waals surface area contributed by atoms with Crippen LogP contribution in [0.5, 0.6) is 5.75 Å². The molecule has 4 nitrogen and oxygen atoms in total. The second-order valence-corrected chi connectivity index (χ2v) is 2.83. The van der Waals surface area contributed by atoms with Gasteiger partial charge >= 0.3 is 0 Å². The SMILES string of the molecule is C/C=C/C(O)Oc1ccc(N)cc1N. The molecular weight excluding hydrogens is 180 g/mol. The van der Waals surface area contributed by atoms with E-state index in [0.717, 1.165) is 0 Å². The molecule has 1 unspecified atom stereocenters. The zero-order chi connectivity index (χ0) is 10.6. The predicted octanol–water partition coefficient (Wildman–Crippen LogP) is 1.12. The summed E-state index contributed by atoms with van der Waals surface area (Å²) < 4.78 is 5.13. The van der Waals surface area contributed by atoms with Crippen LogP contribution in [0.3, 0.4) is 0 Å². The van der Waals surface area contributed by atoms with E-state index in [4.69, 9.17) is 16.2 Å². The minimum atomic E-state index is -0.981. The first-order chi connectivity index (χ1) is 6.63. The lowest BCUT2D eigenvalue weighted by Gasteiger charge is -2.11. The van der Waals surface area contributed by atoms with Crippen molar-refractivity contribution >= 4 is 11.4 Å². The molecule has 76 valence electrons. The third-order valence-electron chi connectivity index (χ3n) is 1.64. The Balaban J connectivity index is 2.76. The van der Waals surface area contributed by atoms with Crippen molar-refractivity contribution in [2.24, 2.45) is 0 Å². The maximum atomic E-state index is 9.30. The lowest BCUT2D eigenvalue weighted by atomic mass is 10.2. The number of benzene rings is 1. The van der Waals surface area contributed by atoms with E-state index in [1.54, 1.807) is 31.2 Å². The molecule has 0 aliphatic heterocycles. The fraction of sp³-hybridized carbons (Fsp3) is 0.200. The summed E-state index contributed by atoms with van der Waals surface area (Å²) in [5.74, 6) is 0.421. The fourth-order valence-corrected chi connectivity index (χ4v) is 1.01. The van der Waals surface area contributed by atoms with Crippen LogP contribution in [0.1, 0.15) is 6.92 Å². The van der Waals surface area contributed by atoms with Gasteiger partial charge in [0, 0.05) is 5.69 Å². The average molecular weight is 194 g/mol. The molecule has 5 N–H and O–H groups in total. The van der Waals surface area contributed by atoms with Gasteiger partial charge in [-0.25, -0.2) is 0 Å². The second kappa shape index (κ2) is 4.53. The largest absolute Gasteiger partial charge is 0.459 e. The van der Waals surface area contributed by atoms with Gasteiger partial charge in [0.05, 0.1) is 5.69 Å². The molecule has 0 saturated heterocycles. The Labute approximate surface area is 82.8 Å². The van der Waals surface area contributed by atoms with Crippen molar-refractivity contribution in [2.45, 2.75) is 13.2 Å². The van der Waals surface area contributed by atoms with Crippen LogP contribution in [0.2, 0.25) is 0 Å². The molecule has 0 amide bonds. The maximum Gasteiger partial charge on any atom is 0.217 e. The molecule has 0 aliphatic rings. The van der Waals surface area contributed by atoms with Gasteiger partial charge < -0.3 is 21.3 Å². The smallest absolute Gasteiger partial charge is 0.217 e. The molecule has 0 spiro atoms. The molecule has 4 heteroatoms. The van der Waals surface area contributed by atoms with Gasteiger partial charge in [0.25, 0.3) is 0 Å². The molecule has 0 heterocycles. The van der Waals surface area contributed by atoms with E-state index >= 15 is 0 Å². The predicted molar refractivity (Wildman–Crippen MR) is 56.7 cm³/mol. The van der Waals surface area contributed by atoms with Crippen LogP contribution in [0.15, 0.2) is 30.4 Å². The van der Waals surface area contributed by atoms with Gasteiger partial charge in [-0.05, 0) is 31.2 Å². The van der Waals surface area contributed by atoms with Gasteiger partial charge in [0.15, 0.2) is 0 Å². The summed E-state index contributed by atoms with van der Waals surface area (Å²) in [7, 11) is 0. The number of allylic oxidation sites excluding steroid dienone is 1. The van der Waals surface area contributed by atoms with Crippen molar-refractivity contribution < 1.29 is 9.84 Å². The second-order valence-electron chi connectivity index (χ2n) is 2.83. The number of aliphatic hydroxyl groups is 1. The van der Waals surface area contributed by atoms with E-state index in [1.165, 1.54) is 6.08 Å². The Morgan fingerprint density at radius 2 is 2.14 bits per heavy atom. The van der Waals surface area contributed by atoms with Gasteiger partial charge in [-0.3, -0.25) is 0 Å². The van der Waals surface area contributed by atoms with E-state index in [2.05, 4.69) is 0 Å². The van der Waals surface area contributed by atoms with Crippen molar-refractivity contribution in [1.82, 2.24) is 0 Å². The highest BCUT2D eigenvalue weighted by atomic mass is 16.6.